The van der Waals surface area contributed by atoms with Crippen molar-refractivity contribution < 1.29 is 8.42 Å². The predicted molar refractivity (Wildman–Crippen MR) is 82.5 cm³/mol. The van der Waals surface area contributed by atoms with Crippen LogP contribution in [0.1, 0.15) is 39.0 Å². The lowest BCUT2D eigenvalue weighted by molar-refractivity contribution is 0.303. The number of nitrogens with one attached hydrogen (secondary N) is 2. The van der Waals surface area contributed by atoms with E-state index in [0.717, 1.165) is 18.4 Å². The summed E-state index contributed by atoms with van der Waals surface area (Å²) in [5.74, 6) is 0.447. The second kappa shape index (κ2) is 5.77. The summed E-state index contributed by atoms with van der Waals surface area (Å²) in [6.45, 7) is 1.97. The van der Waals surface area contributed by atoms with E-state index in [1.165, 1.54) is 19.3 Å². The van der Waals surface area contributed by atoms with E-state index < -0.39 is 10.0 Å². The summed E-state index contributed by atoms with van der Waals surface area (Å²) in [6.07, 6.45) is 7.47. The first-order valence-corrected chi connectivity index (χ1v) is 9.00. The van der Waals surface area contributed by atoms with Gasteiger partial charge in [0.05, 0.1) is 22.3 Å². The molecule has 1 aromatic heterocycles. The zero-order chi connectivity index (χ0) is 14.9. The molecule has 1 unspecified atom stereocenters. The second-order valence-corrected chi connectivity index (χ2v) is 7.60. The van der Waals surface area contributed by atoms with E-state index in [1.807, 2.05) is 6.92 Å². The number of imidazole rings is 1. The lowest BCUT2D eigenvalue weighted by Crippen LogP contribution is -2.38. The molecule has 1 heterocycles. The topological polar surface area (TPSA) is 74.8 Å². The molecule has 1 aromatic carbocycles. The predicted octanol–water partition coefficient (Wildman–Crippen LogP) is 2.81. The van der Waals surface area contributed by atoms with Crippen LogP contribution in [0.25, 0.3) is 11.0 Å². The van der Waals surface area contributed by atoms with E-state index in [0.29, 0.717) is 11.4 Å². The fourth-order valence-electron chi connectivity index (χ4n) is 3.12. The molecule has 1 aliphatic rings. The van der Waals surface area contributed by atoms with Gasteiger partial charge in [-0.2, -0.15) is 0 Å². The molecule has 2 aromatic rings. The highest BCUT2D eigenvalue weighted by molar-refractivity contribution is 7.89. The molecule has 114 valence electrons. The highest BCUT2D eigenvalue weighted by Crippen LogP contribution is 2.27. The monoisotopic (exact) mass is 307 g/mol. The van der Waals surface area contributed by atoms with Crippen LogP contribution in [-0.4, -0.2) is 24.4 Å². The van der Waals surface area contributed by atoms with Gasteiger partial charge in [0.1, 0.15) is 0 Å². The first kappa shape index (κ1) is 14.5. The molecule has 21 heavy (non-hydrogen) atoms. The Morgan fingerprint density at radius 3 is 2.81 bits per heavy atom. The normalized spacial score (nSPS) is 18.9. The van der Waals surface area contributed by atoms with Crippen LogP contribution in [0, 0.1) is 5.92 Å². The zero-order valence-electron chi connectivity index (χ0n) is 12.2. The first-order valence-electron chi connectivity index (χ1n) is 7.52. The molecule has 0 bridgehead atoms. The van der Waals surface area contributed by atoms with Gasteiger partial charge in [0.15, 0.2) is 0 Å². The minimum Gasteiger partial charge on any atom is -0.345 e. The van der Waals surface area contributed by atoms with Gasteiger partial charge in [-0.1, -0.05) is 19.3 Å². The van der Waals surface area contributed by atoms with Crippen LogP contribution in [0.3, 0.4) is 0 Å². The van der Waals surface area contributed by atoms with E-state index >= 15 is 0 Å². The molecule has 1 fully saturated rings. The van der Waals surface area contributed by atoms with Crippen LogP contribution >= 0.6 is 0 Å². The number of benzene rings is 1. The van der Waals surface area contributed by atoms with E-state index in [9.17, 15) is 8.42 Å². The lowest BCUT2D eigenvalue weighted by Gasteiger charge is -2.28. The summed E-state index contributed by atoms with van der Waals surface area (Å²) in [5.41, 5.74) is 1.51. The molecule has 1 saturated carbocycles. The summed E-state index contributed by atoms with van der Waals surface area (Å²) >= 11 is 0. The highest BCUT2D eigenvalue weighted by atomic mass is 32.2. The summed E-state index contributed by atoms with van der Waals surface area (Å²) in [6, 6.07) is 4.96. The van der Waals surface area contributed by atoms with Gasteiger partial charge in [-0.05, 0) is 43.9 Å². The van der Waals surface area contributed by atoms with E-state index in [4.69, 9.17) is 0 Å². The molecule has 0 saturated heterocycles. The van der Waals surface area contributed by atoms with Crippen LogP contribution in [0.4, 0.5) is 0 Å². The molecule has 0 spiro atoms. The average molecular weight is 307 g/mol. The minimum atomic E-state index is -3.48. The number of sulfonamides is 1. The van der Waals surface area contributed by atoms with Gasteiger partial charge in [0, 0.05) is 6.04 Å². The number of H-pyrrole nitrogens is 1. The van der Waals surface area contributed by atoms with Crippen LogP contribution < -0.4 is 4.72 Å². The SMILES string of the molecule is CC(NS(=O)(=O)c1ccc2[nH]cnc2c1)C1CCCCC1. The van der Waals surface area contributed by atoms with Crippen molar-refractivity contribution in [2.24, 2.45) is 5.92 Å². The van der Waals surface area contributed by atoms with Crippen molar-refractivity contribution >= 4 is 21.1 Å². The molecule has 1 atom stereocenters. The van der Waals surface area contributed by atoms with Gasteiger partial charge >= 0.3 is 0 Å². The highest BCUT2D eigenvalue weighted by Gasteiger charge is 2.25. The fraction of sp³-hybridized carbons (Fsp3) is 0.533. The summed E-state index contributed by atoms with van der Waals surface area (Å²) < 4.78 is 27.8. The number of nitrogens with zero attached hydrogens (tertiary/aromatic N) is 1. The quantitative estimate of drug-likeness (QED) is 0.912. The van der Waals surface area contributed by atoms with Crippen LogP contribution in [-0.2, 0) is 10.0 Å². The van der Waals surface area contributed by atoms with Gasteiger partial charge < -0.3 is 4.98 Å². The van der Waals surface area contributed by atoms with Crippen molar-refractivity contribution in [1.29, 1.82) is 0 Å². The van der Waals surface area contributed by atoms with Gasteiger partial charge in [-0.25, -0.2) is 18.1 Å². The molecular formula is C15H21N3O2S. The van der Waals surface area contributed by atoms with Crippen molar-refractivity contribution in [3.05, 3.63) is 24.5 Å². The smallest absolute Gasteiger partial charge is 0.240 e. The number of rotatable bonds is 4. The summed E-state index contributed by atoms with van der Waals surface area (Å²) in [5, 5.41) is 0. The molecule has 3 rings (SSSR count). The zero-order valence-corrected chi connectivity index (χ0v) is 13.0. The number of hydrogen-bond acceptors (Lipinski definition) is 3. The van der Waals surface area contributed by atoms with E-state index in [1.54, 1.807) is 24.5 Å². The maximum absolute atomic E-state index is 12.5. The molecule has 6 heteroatoms. The lowest BCUT2D eigenvalue weighted by atomic mass is 9.85. The Morgan fingerprint density at radius 1 is 1.29 bits per heavy atom. The number of hydrogen-bond donors (Lipinski definition) is 2. The Morgan fingerprint density at radius 2 is 2.05 bits per heavy atom. The van der Waals surface area contributed by atoms with Crippen molar-refractivity contribution in [3.8, 4) is 0 Å². The maximum atomic E-state index is 12.5. The first-order chi connectivity index (χ1) is 10.1. The Hall–Kier alpha value is -1.40. The Labute approximate surface area is 125 Å². The van der Waals surface area contributed by atoms with Gasteiger partial charge in [0.25, 0.3) is 0 Å². The number of aromatic nitrogens is 2. The van der Waals surface area contributed by atoms with Gasteiger partial charge in [0.2, 0.25) is 10.0 Å². The van der Waals surface area contributed by atoms with Crippen molar-refractivity contribution in [1.82, 2.24) is 14.7 Å². The Kier molecular flexibility index (Phi) is 3.99. The largest absolute Gasteiger partial charge is 0.345 e. The number of fused-ring (bicyclic) bond motifs is 1. The Bertz CT molecular complexity index is 717. The maximum Gasteiger partial charge on any atom is 0.240 e. The third-order valence-corrected chi connectivity index (χ3v) is 5.96. The van der Waals surface area contributed by atoms with Crippen molar-refractivity contribution in [3.63, 3.8) is 0 Å². The molecule has 5 nitrogen and oxygen atoms in total. The van der Waals surface area contributed by atoms with E-state index in [-0.39, 0.29) is 10.9 Å². The fourth-order valence-corrected chi connectivity index (χ4v) is 4.45. The minimum absolute atomic E-state index is 0.0230. The Balaban J connectivity index is 1.78. The van der Waals surface area contributed by atoms with Crippen molar-refractivity contribution in [2.45, 2.75) is 50.0 Å². The molecule has 1 aliphatic carbocycles. The van der Waals surface area contributed by atoms with Crippen LogP contribution in [0.5, 0.6) is 0 Å². The number of aromatic amines is 1. The third kappa shape index (κ3) is 3.11. The van der Waals surface area contributed by atoms with E-state index in [2.05, 4.69) is 14.7 Å². The van der Waals surface area contributed by atoms with Crippen LogP contribution in [0.15, 0.2) is 29.4 Å². The second-order valence-electron chi connectivity index (χ2n) is 5.89. The van der Waals surface area contributed by atoms with Crippen LogP contribution in [0.2, 0.25) is 0 Å². The molecule has 0 aliphatic heterocycles. The van der Waals surface area contributed by atoms with Gasteiger partial charge in [-0.15, -0.1) is 0 Å². The molecule has 0 radical (unpaired) electrons. The summed E-state index contributed by atoms with van der Waals surface area (Å²) in [7, 11) is -3.48. The standard InChI is InChI=1S/C15H21N3O2S/c1-11(12-5-3-2-4-6-12)18-21(19,20)13-7-8-14-15(9-13)17-10-16-14/h7-12,18H,2-6H2,1H3,(H,16,17). The average Bonchev–Trinajstić information content (AvgIpc) is 2.95. The summed E-state index contributed by atoms with van der Waals surface area (Å²) in [4.78, 5) is 7.36. The molecule has 2 N–H and O–H groups in total. The molecular weight excluding hydrogens is 286 g/mol. The molecule has 0 amide bonds. The van der Waals surface area contributed by atoms with Crippen molar-refractivity contribution in [2.75, 3.05) is 0 Å². The third-order valence-electron chi connectivity index (χ3n) is 4.40. The van der Waals surface area contributed by atoms with Gasteiger partial charge in [-0.3, -0.25) is 0 Å².